The van der Waals surface area contributed by atoms with Crippen LogP contribution in [0, 0.1) is 6.92 Å². The van der Waals surface area contributed by atoms with Gasteiger partial charge in [-0.05, 0) is 24.6 Å². The summed E-state index contributed by atoms with van der Waals surface area (Å²) in [5.74, 6) is 0.572. The number of aromatic nitrogens is 4. The average molecular weight is 356 g/mol. The first-order chi connectivity index (χ1) is 11.9. The maximum atomic E-state index is 11.5. The second-order valence-corrected chi connectivity index (χ2v) is 7.19. The summed E-state index contributed by atoms with van der Waals surface area (Å²) in [4.78, 5) is 16.3. The normalized spacial score (nSPS) is 11.1. The van der Waals surface area contributed by atoms with Crippen molar-refractivity contribution in [3.63, 3.8) is 0 Å². The number of hydrogen-bond donors (Lipinski definition) is 2. The SMILES string of the molecule is Cc1ccc(Nc2cc(-c3cncnc3)ncn2)cc1NS(C)(=O)=O. The van der Waals surface area contributed by atoms with Gasteiger partial charge in [0.25, 0.3) is 0 Å². The molecule has 25 heavy (non-hydrogen) atoms. The second kappa shape index (κ2) is 6.81. The van der Waals surface area contributed by atoms with E-state index in [0.29, 0.717) is 22.9 Å². The minimum Gasteiger partial charge on any atom is -0.340 e. The molecule has 0 radical (unpaired) electrons. The first kappa shape index (κ1) is 16.8. The van der Waals surface area contributed by atoms with E-state index in [2.05, 4.69) is 30.0 Å². The molecule has 128 valence electrons. The van der Waals surface area contributed by atoms with E-state index in [1.165, 1.54) is 12.7 Å². The Morgan fingerprint density at radius 3 is 2.48 bits per heavy atom. The van der Waals surface area contributed by atoms with Crippen LogP contribution in [0.1, 0.15) is 5.56 Å². The molecule has 1 aromatic carbocycles. The van der Waals surface area contributed by atoms with Crippen LogP contribution in [0.15, 0.2) is 49.3 Å². The van der Waals surface area contributed by atoms with Gasteiger partial charge in [-0.15, -0.1) is 0 Å². The van der Waals surface area contributed by atoms with E-state index in [-0.39, 0.29) is 0 Å². The van der Waals surface area contributed by atoms with E-state index in [9.17, 15) is 8.42 Å². The molecule has 2 heterocycles. The summed E-state index contributed by atoms with van der Waals surface area (Å²) in [6.07, 6.45) is 7.34. The van der Waals surface area contributed by atoms with Crippen molar-refractivity contribution >= 4 is 27.2 Å². The molecule has 0 aliphatic rings. The first-order valence-electron chi connectivity index (χ1n) is 7.33. The molecule has 3 rings (SSSR count). The highest BCUT2D eigenvalue weighted by molar-refractivity contribution is 7.92. The zero-order valence-electron chi connectivity index (χ0n) is 13.6. The van der Waals surface area contributed by atoms with Gasteiger partial charge in [-0.2, -0.15) is 0 Å². The Hall–Kier alpha value is -3.07. The quantitative estimate of drug-likeness (QED) is 0.722. The predicted molar refractivity (Wildman–Crippen MR) is 96.0 cm³/mol. The molecular weight excluding hydrogens is 340 g/mol. The van der Waals surface area contributed by atoms with E-state index in [1.54, 1.807) is 24.5 Å². The summed E-state index contributed by atoms with van der Waals surface area (Å²) in [6.45, 7) is 1.83. The summed E-state index contributed by atoms with van der Waals surface area (Å²) in [5, 5.41) is 3.14. The Balaban J connectivity index is 1.87. The Morgan fingerprint density at radius 1 is 1.00 bits per heavy atom. The van der Waals surface area contributed by atoms with Gasteiger partial charge >= 0.3 is 0 Å². The molecule has 2 aromatic heterocycles. The summed E-state index contributed by atoms with van der Waals surface area (Å²) in [6, 6.07) is 7.14. The molecule has 9 heteroatoms. The van der Waals surface area contributed by atoms with E-state index in [0.717, 1.165) is 17.4 Å². The fourth-order valence-corrected chi connectivity index (χ4v) is 2.79. The van der Waals surface area contributed by atoms with Crippen LogP contribution in [0.25, 0.3) is 11.3 Å². The predicted octanol–water partition coefficient (Wildman–Crippen LogP) is 2.36. The van der Waals surface area contributed by atoms with Gasteiger partial charge in [0.05, 0.1) is 17.6 Å². The maximum absolute atomic E-state index is 11.5. The highest BCUT2D eigenvalue weighted by Gasteiger charge is 2.07. The molecule has 0 amide bonds. The van der Waals surface area contributed by atoms with Crippen molar-refractivity contribution in [2.75, 3.05) is 16.3 Å². The molecule has 0 atom stereocenters. The van der Waals surface area contributed by atoms with Gasteiger partial charge in [-0.3, -0.25) is 4.72 Å². The lowest BCUT2D eigenvalue weighted by Gasteiger charge is -2.11. The lowest BCUT2D eigenvalue weighted by atomic mass is 10.2. The number of anilines is 3. The average Bonchev–Trinajstić information content (AvgIpc) is 2.58. The lowest BCUT2D eigenvalue weighted by molar-refractivity contribution is 0.607. The standard InChI is InChI=1S/C16H16N6O2S/c1-11-3-4-13(5-14(11)22-25(2,23)24)21-16-6-15(19-10-20-16)12-7-17-9-18-8-12/h3-10,22H,1-2H3,(H,19,20,21). The molecule has 0 saturated heterocycles. The Labute approximate surface area is 145 Å². The van der Waals surface area contributed by atoms with Crippen LogP contribution in [0.3, 0.4) is 0 Å². The van der Waals surface area contributed by atoms with Crippen molar-refractivity contribution in [2.45, 2.75) is 6.92 Å². The molecule has 0 aliphatic carbocycles. The highest BCUT2D eigenvalue weighted by atomic mass is 32.2. The van der Waals surface area contributed by atoms with Crippen LogP contribution in [0.5, 0.6) is 0 Å². The van der Waals surface area contributed by atoms with Gasteiger partial charge in [-0.1, -0.05) is 6.07 Å². The minimum absolute atomic E-state index is 0.512. The van der Waals surface area contributed by atoms with Crippen LogP contribution in [-0.2, 0) is 10.0 Å². The molecule has 8 nitrogen and oxygen atoms in total. The zero-order valence-corrected chi connectivity index (χ0v) is 14.4. The molecule has 0 bridgehead atoms. The van der Waals surface area contributed by atoms with Crippen molar-refractivity contribution in [1.82, 2.24) is 19.9 Å². The molecule has 0 aliphatic heterocycles. The van der Waals surface area contributed by atoms with Crippen LogP contribution in [0.2, 0.25) is 0 Å². The van der Waals surface area contributed by atoms with Crippen LogP contribution in [-0.4, -0.2) is 34.6 Å². The van der Waals surface area contributed by atoms with Crippen LogP contribution < -0.4 is 10.0 Å². The fourth-order valence-electron chi connectivity index (χ4n) is 2.17. The third-order valence-electron chi connectivity index (χ3n) is 3.33. The number of aryl methyl sites for hydroxylation is 1. The van der Waals surface area contributed by atoms with Crippen molar-refractivity contribution < 1.29 is 8.42 Å². The number of sulfonamides is 1. The molecule has 0 fully saturated rings. The Kier molecular flexibility index (Phi) is 4.57. The van der Waals surface area contributed by atoms with Gasteiger partial charge in [0.2, 0.25) is 10.0 Å². The van der Waals surface area contributed by atoms with Gasteiger partial charge in [0.15, 0.2) is 0 Å². The summed E-state index contributed by atoms with van der Waals surface area (Å²) < 4.78 is 25.4. The molecule has 0 spiro atoms. The van der Waals surface area contributed by atoms with Crippen LogP contribution >= 0.6 is 0 Å². The monoisotopic (exact) mass is 356 g/mol. The van der Waals surface area contributed by atoms with E-state index in [4.69, 9.17) is 0 Å². The van der Waals surface area contributed by atoms with Gasteiger partial charge in [0.1, 0.15) is 18.5 Å². The van der Waals surface area contributed by atoms with Crippen molar-refractivity contribution in [1.29, 1.82) is 0 Å². The van der Waals surface area contributed by atoms with E-state index >= 15 is 0 Å². The largest absolute Gasteiger partial charge is 0.340 e. The Morgan fingerprint density at radius 2 is 1.76 bits per heavy atom. The molecule has 0 unspecified atom stereocenters. The second-order valence-electron chi connectivity index (χ2n) is 5.44. The minimum atomic E-state index is -3.35. The topological polar surface area (TPSA) is 110 Å². The van der Waals surface area contributed by atoms with Crippen molar-refractivity contribution in [3.05, 3.63) is 54.9 Å². The third kappa shape index (κ3) is 4.48. The molecule has 2 N–H and O–H groups in total. The maximum Gasteiger partial charge on any atom is 0.229 e. The molecular formula is C16H16N6O2S. The molecule has 3 aromatic rings. The third-order valence-corrected chi connectivity index (χ3v) is 3.92. The number of rotatable bonds is 5. The van der Waals surface area contributed by atoms with Gasteiger partial charge in [0, 0.05) is 29.7 Å². The fraction of sp³-hybridized carbons (Fsp3) is 0.125. The highest BCUT2D eigenvalue weighted by Crippen LogP contribution is 2.24. The zero-order chi connectivity index (χ0) is 17.9. The summed E-state index contributed by atoms with van der Waals surface area (Å²) >= 11 is 0. The van der Waals surface area contributed by atoms with Crippen LogP contribution in [0.4, 0.5) is 17.2 Å². The van der Waals surface area contributed by atoms with E-state index in [1.807, 2.05) is 19.1 Å². The molecule has 0 saturated carbocycles. The first-order valence-corrected chi connectivity index (χ1v) is 9.23. The number of benzene rings is 1. The summed E-state index contributed by atoms with van der Waals surface area (Å²) in [7, 11) is -3.35. The van der Waals surface area contributed by atoms with Gasteiger partial charge in [-0.25, -0.2) is 28.4 Å². The summed E-state index contributed by atoms with van der Waals surface area (Å²) in [5.41, 5.74) is 3.49. The number of nitrogens with zero attached hydrogens (tertiary/aromatic N) is 4. The van der Waals surface area contributed by atoms with Gasteiger partial charge < -0.3 is 5.32 Å². The number of hydrogen-bond acceptors (Lipinski definition) is 7. The van der Waals surface area contributed by atoms with Crippen molar-refractivity contribution in [3.8, 4) is 11.3 Å². The van der Waals surface area contributed by atoms with E-state index < -0.39 is 10.0 Å². The smallest absolute Gasteiger partial charge is 0.229 e. The Bertz CT molecular complexity index is 993. The lowest BCUT2D eigenvalue weighted by Crippen LogP contribution is -2.10. The number of nitrogens with one attached hydrogen (secondary N) is 2. The van der Waals surface area contributed by atoms with Crippen molar-refractivity contribution in [2.24, 2.45) is 0 Å².